The maximum absolute atomic E-state index is 10.6. The van der Waals surface area contributed by atoms with Gasteiger partial charge in [0.25, 0.3) is 0 Å². The minimum atomic E-state index is -0.819. The molecule has 2 rings (SSSR count). The Bertz CT molecular complexity index is 555. The van der Waals surface area contributed by atoms with Crippen molar-refractivity contribution < 1.29 is 9.90 Å². The third-order valence-corrected chi connectivity index (χ3v) is 3.19. The Morgan fingerprint density at radius 2 is 2.06 bits per heavy atom. The summed E-state index contributed by atoms with van der Waals surface area (Å²) >= 11 is 1.51. The Balaban J connectivity index is 2.08. The predicted octanol–water partition coefficient (Wildman–Crippen LogP) is 2.56. The van der Waals surface area contributed by atoms with Crippen LogP contribution in [0.5, 0.6) is 0 Å². The van der Waals surface area contributed by atoms with Gasteiger partial charge in [0, 0.05) is 4.90 Å². The zero-order valence-electron chi connectivity index (χ0n) is 9.83. The van der Waals surface area contributed by atoms with Gasteiger partial charge in [-0.15, -0.1) is 5.10 Å². The Hall–Kier alpha value is -1.88. The van der Waals surface area contributed by atoms with Gasteiger partial charge in [-0.05, 0) is 36.2 Å². The van der Waals surface area contributed by atoms with Crippen LogP contribution < -0.4 is 0 Å². The minimum absolute atomic E-state index is 0.0508. The number of aromatic nitrogens is 2. The summed E-state index contributed by atoms with van der Waals surface area (Å²) in [7, 11) is 0. The van der Waals surface area contributed by atoms with E-state index < -0.39 is 5.97 Å². The molecule has 0 radical (unpaired) electrons. The Kier molecular flexibility index (Phi) is 3.94. The number of hydrogen-bond donors (Lipinski definition) is 1. The molecule has 0 aliphatic carbocycles. The number of aliphatic carboxylic acids is 1. The van der Waals surface area contributed by atoms with Crippen molar-refractivity contribution in [3.05, 3.63) is 47.7 Å². The fourth-order valence-electron chi connectivity index (χ4n) is 1.46. The lowest BCUT2D eigenvalue weighted by Gasteiger charge is -2.02. The lowest BCUT2D eigenvalue weighted by atomic mass is 10.2. The van der Waals surface area contributed by atoms with Crippen LogP contribution in [0.15, 0.2) is 46.5 Å². The molecule has 2 aromatic rings. The Labute approximate surface area is 109 Å². The quantitative estimate of drug-likeness (QED) is 0.915. The number of hydrogen-bond acceptors (Lipinski definition) is 4. The second-order valence-electron chi connectivity index (χ2n) is 3.89. The number of carbonyl (C=O) groups is 1. The highest BCUT2D eigenvalue weighted by atomic mass is 32.2. The van der Waals surface area contributed by atoms with Gasteiger partial charge in [0.2, 0.25) is 0 Å². The molecule has 18 heavy (non-hydrogen) atoms. The molecule has 0 saturated carbocycles. The van der Waals surface area contributed by atoms with Crippen molar-refractivity contribution in [1.29, 1.82) is 0 Å². The molecule has 4 nitrogen and oxygen atoms in total. The van der Waals surface area contributed by atoms with Crippen molar-refractivity contribution in [2.45, 2.75) is 23.3 Å². The Morgan fingerprint density at radius 3 is 2.67 bits per heavy atom. The first-order chi connectivity index (χ1) is 8.63. The normalized spacial score (nSPS) is 10.3. The van der Waals surface area contributed by atoms with E-state index in [1.54, 1.807) is 6.20 Å². The highest BCUT2D eigenvalue weighted by molar-refractivity contribution is 7.99. The van der Waals surface area contributed by atoms with Crippen molar-refractivity contribution in [2.24, 2.45) is 0 Å². The molecule has 0 saturated heterocycles. The van der Waals surface area contributed by atoms with Crippen LogP contribution in [0.1, 0.15) is 11.1 Å². The van der Waals surface area contributed by atoms with E-state index in [1.807, 2.05) is 37.3 Å². The first-order valence-corrected chi connectivity index (χ1v) is 6.23. The fourth-order valence-corrected chi connectivity index (χ4v) is 2.30. The summed E-state index contributed by atoms with van der Waals surface area (Å²) < 4.78 is 0. The van der Waals surface area contributed by atoms with Crippen LogP contribution >= 0.6 is 11.8 Å². The molecule has 0 atom stereocenters. The number of rotatable bonds is 4. The Morgan fingerprint density at radius 1 is 1.33 bits per heavy atom. The van der Waals surface area contributed by atoms with E-state index in [9.17, 15) is 4.79 Å². The fraction of sp³-hybridized carbons (Fsp3) is 0.154. The summed E-state index contributed by atoms with van der Waals surface area (Å²) in [6.07, 6.45) is 1.76. The van der Waals surface area contributed by atoms with E-state index in [0.29, 0.717) is 0 Å². The van der Waals surface area contributed by atoms with Gasteiger partial charge in [0.15, 0.2) is 0 Å². The highest BCUT2D eigenvalue weighted by Gasteiger charge is 2.02. The summed E-state index contributed by atoms with van der Waals surface area (Å²) in [5.41, 5.74) is 1.86. The molecule has 0 fully saturated rings. The molecule has 0 unspecified atom stereocenters. The molecule has 0 bridgehead atoms. The number of aryl methyl sites for hydroxylation is 1. The van der Waals surface area contributed by atoms with Crippen LogP contribution in [0.3, 0.4) is 0 Å². The summed E-state index contributed by atoms with van der Waals surface area (Å²) in [5.74, 6) is -0.819. The third-order valence-electron chi connectivity index (χ3n) is 2.27. The van der Waals surface area contributed by atoms with Gasteiger partial charge in [-0.25, -0.2) is 0 Å². The first kappa shape index (κ1) is 12.6. The molecule has 1 N–H and O–H groups in total. The maximum Gasteiger partial charge on any atom is 0.307 e. The number of nitrogens with zero attached hydrogens (tertiary/aromatic N) is 2. The van der Waals surface area contributed by atoms with Gasteiger partial charge >= 0.3 is 5.97 Å². The van der Waals surface area contributed by atoms with Gasteiger partial charge in [-0.3, -0.25) is 4.79 Å². The van der Waals surface area contributed by atoms with Crippen LogP contribution in [0, 0.1) is 6.92 Å². The summed E-state index contributed by atoms with van der Waals surface area (Å²) in [6, 6.07) is 9.39. The van der Waals surface area contributed by atoms with Crippen LogP contribution in [0.4, 0.5) is 0 Å². The molecule has 1 aromatic heterocycles. The van der Waals surface area contributed by atoms with Crippen LogP contribution in [0.25, 0.3) is 0 Å². The molecule has 92 valence electrons. The topological polar surface area (TPSA) is 63.1 Å². The van der Waals surface area contributed by atoms with Crippen LogP contribution in [-0.4, -0.2) is 21.3 Å². The first-order valence-electron chi connectivity index (χ1n) is 5.41. The molecule has 5 heteroatoms. The molecular weight excluding hydrogens is 248 g/mol. The second kappa shape index (κ2) is 5.64. The zero-order valence-corrected chi connectivity index (χ0v) is 10.6. The molecule has 1 aromatic carbocycles. The number of carboxylic acids is 1. The van der Waals surface area contributed by atoms with E-state index in [0.717, 1.165) is 21.0 Å². The monoisotopic (exact) mass is 260 g/mol. The zero-order chi connectivity index (χ0) is 13.0. The number of carboxylic acid groups (broad SMARTS) is 1. The highest BCUT2D eigenvalue weighted by Crippen LogP contribution is 2.26. The van der Waals surface area contributed by atoms with Crippen molar-refractivity contribution in [1.82, 2.24) is 10.2 Å². The molecule has 0 aliphatic rings. The van der Waals surface area contributed by atoms with Gasteiger partial charge in [0.1, 0.15) is 5.03 Å². The van der Waals surface area contributed by atoms with Crippen LogP contribution in [-0.2, 0) is 11.2 Å². The maximum atomic E-state index is 10.6. The van der Waals surface area contributed by atoms with Crippen molar-refractivity contribution >= 4 is 17.7 Å². The average Bonchev–Trinajstić information content (AvgIpc) is 2.31. The summed E-state index contributed by atoms with van der Waals surface area (Å²) in [4.78, 5) is 11.6. The molecule has 0 spiro atoms. The van der Waals surface area contributed by atoms with Gasteiger partial charge < -0.3 is 5.11 Å². The van der Waals surface area contributed by atoms with Crippen molar-refractivity contribution in [3.8, 4) is 0 Å². The van der Waals surface area contributed by atoms with Gasteiger partial charge in [0.05, 0.1) is 12.6 Å². The lowest BCUT2D eigenvalue weighted by molar-refractivity contribution is -0.136. The third kappa shape index (κ3) is 3.56. The van der Waals surface area contributed by atoms with E-state index >= 15 is 0 Å². The second-order valence-corrected chi connectivity index (χ2v) is 4.98. The largest absolute Gasteiger partial charge is 0.481 e. The predicted molar refractivity (Wildman–Crippen MR) is 68.7 cm³/mol. The van der Waals surface area contributed by atoms with Gasteiger partial charge in [-0.1, -0.05) is 23.9 Å². The van der Waals surface area contributed by atoms with E-state index in [1.165, 1.54) is 11.8 Å². The van der Waals surface area contributed by atoms with Crippen molar-refractivity contribution in [3.63, 3.8) is 0 Å². The van der Waals surface area contributed by atoms with E-state index in [4.69, 9.17) is 5.11 Å². The SMILES string of the molecule is Cc1cnnc(Sc2ccc(CC(=O)O)cc2)c1. The minimum Gasteiger partial charge on any atom is -0.481 e. The summed E-state index contributed by atoms with van der Waals surface area (Å²) in [6.45, 7) is 1.97. The average molecular weight is 260 g/mol. The summed E-state index contributed by atoms with van der Waals surface area (Å²) in [5, 5.41) is 17.4. The number of benzene rings is 1. The molecule has 0 aliphatic heterocycles. The van der Waals surface area contributed by atoms with E-state index in [-0.39, 0.29) is 6.42 Å². The van der Waals surface area contributed by atoms with E-state index in [2.05, 4.69) is 10.2 Å². The molecule has 1 heterocycles. The van der Waals surface area contributed by atoms with Gasteiger partial charge in [-0.2, -0.15) is 5.10 Å². The van der Waals surface area contributed by atoms with Crippen LogP contribution in [0.2, 0.25) is 0 Å². The standard InChI is InChI=1S/C13H12N2O2S/c1-9-6-12(15-14-8-9)18-11-4-2-10(3-5-11)7-13(16)17/h2-6,8H,7H2,1H3,(H,16,17). The lowest BCUT2D eigenvalue weighted by Crippen LogP contribution is -1.99. The smallest absolute Gasteiger partial charge is 0.307 e. The molecular formula is C13H12N2O2S. The molecule has 0 amide bonds. The van der Waals surface area contributed by atoms with Crippen molar-refractivity contribution in [2.75, 3.05) is 0 Å².